The van der Waals surface area contributed by atoms with Gasteiger partial charge in [0.1, 0.15) is 0 Å². The van der Waals surface area contributed by atoms with Crippen molar-refractivity contribution < 1.29 is 0 Å². The van der Waals surface area contributed by atoms with E-state index in [9.17, 15) is 0 Å². The predicted molar refractivity (Wildman–Crippen MR) is 56.1 cm³/mol. The zero-order valence-corrected chi connectivity index (χ0v) is 8.48. The lowest BCUT2D eigenvalue weighted by Crippen LogP contribution is -2.67. The van der Waals surface area contributed by atoms with Crippen LogP contribution in [-0.2, 0) is 0 Å². The summed E-state index contributed by atoms with van der Waals surface area (Å²) < 4.78 is 0. The highest BCUT2D eigenvalue weighted by Crippen LogP contribution is 2.25. The number of nitrogens with two attached hydrogens (primary N) is 1. The minimum atomic E-state index is -0.00600. The van der Waals surface area contributed by atoms with E-state index in [-0.39, 0.29) is 5.54 Å². The summed E-state index contributed by atoms with van der Waals surface area (Å²) in [7, 11) is 0. The Morgan fingerprint density at radius 3 is 2.64 bits per heavy atom. The largest absolute Gasteiger partial charge is 0.337 e. The van der Waals surface area contributed by atoms with Gasteiger partial charge < -0.3 is 10.6 Å². The van der Waals surface area contributed by atoms with Crippen molar-refractivity contribution in [2.45, 2.75) is 25.3 Å². The second-order valence-electron chi connectivity index (χ2n) is 4.02. The van der Waals surface area contributed by atoms with E-state index in [1.54, 1.807) is 12.4 Å². The van der Waals surface area contributed by atoms with Crippen molar-refractivity contribution in [2.75, 3.05) is 18.0 Å². The summed E-state index contributed by atoms with van der Waals surface area (Å²) in [6, 6.07) is 1.82. The SMILES string of the molecule is CCCC1(N)CN(c2ncccn2)C1. The van der Waals surface area contributed by atoms with Crippen LogP contribution in [0, 0.1) is 0 Å². The molecule has 1 aliphatic rings. The summed E-state index contributed by atoms with van der Waals surface area (Å²) in [5.41, 5.74) is 6.14. The van der Waals surface area contributed by atoms with E-state index in [1.807, 2.05) is 6.07 Å². The van der Waals surface area contributed by atoms with E-state index in [1.165, 1.54) is 0 Å². The van der Waals surface area contributed by atoms with E-state index in [0.29, 0.717) is 0 Å². The molecular formula is C10H16N4. The van der Waals surface area contributed by atoms with Crippen molar-refractivity contribution >= 4 is 5.95 Å². The molecule has 4 heteroatoms. The number of hydrogen-bond donors (Lipinski definition) is 1. The number of hydrogen-bond acceptors (Lipinski definition) is 4. The average Bonchev–Trinajstić information content (AvgIpc) is 2.16. The second kappa shape index (κ2) is 3.53. The van der Waals surface area contributed by atoms with Crippen LogP contribution in [0.1, 0.15) is 19.8 Å². The number of nitrogens with zero attached hydrogens (tertiary/aromatic N) is 3. The Balaban J connectivity index is 1.95. The first kappa shape index (κ1) is 9.40. The van der Waals surface area contributed by atoms with Gasteiger partial charge in [0, 0.05) is 25.5 Å². The van der Waals surface area contributed by atoms with Gasteiger partial charge in [0.15, 0.2) is 0 Å². The molecule has 0 radical (unpaired) electrons. The molecule has 1 aromatic rings. The number of anilines is 1. The molecule has 1 fully saturated rings. The molecule has 2 N–H and O–H groups in total. The normalized spacial score (nSPS) is 19.1. The standard InChI is InChI=1S/C10H16N4/c1-2-4-10(11)7-14(8-10)9-12-5-3-6-13-9/h3,5-6H,2,4,7-8,11H2,1H3. The molecule has 0 aliphatic carbocycles. The zero-order chi connectivity index (χ0) is 10.0. The van der Waals surface area contributed by atoms with Crippen LogP contribution in [0.2, 0.25) is 0 Å². The third-order valence-electron chi connectivity index (χ3n) is 2.59. The third kappa shape index (κ3) is 1.70. The molecule has 1 aliphatic heterocycles. The molecule has 76 valence electrons. The summed E-state index contributed by atoms with van der Waals surface area (Å²) in [5.74, 6) is 0.796. The minimum absolute atomic E-state index is 0.00600. The molecule has 0 bridgehead atoms. The van der Waals surface area contributed by atoms with E-state index in [0.717, 1.165) is 31.9 Å². The van der Waals surface area contributed by atoms with Crippen molar-refractivity contribution in [3.8, 4) is 0 Å². The van der Waals surface area contributed by atoms with Gasteiger partial charge in [-0.2, -0.15) is 0 Å². The van der Waals surface area contributed by atoms with Crippen LogP contribution in [-0.4, -0.2) is 28.6 Å². The lowest BCUT2D eigenvalue weighted by molar-refractivity contribution is 0.304. The highest BCUT2D eigenvalue weighted by molar-refractivity contribution is 5.37. The molecule has 0 spiro atoms. The summed E-state index contributed by atoms with van der Waals surface area (Å²) in [6.07, 6.45) is 5.74. The molecule has 0 unspecified atom stereocenters. The Morgan fingerprint density at radius 1 is 1.43 bits per heavy atom. The topological polar surface area (TPSA) is 55.0 Å². The molecule has 0 amide bonds. The molecule has 0 aromatic carbocycles. The Kier molecular flexibility index (Phi) is 2.37. The van der Waals surface area contributed by atoms with Crippen LogP contribution < -0.4 is 10.6 Å². The summed E-state index contributed by atoms with van der Waals surface area (Å²) in [5, 5.41) is 0. The summed E-state index contributed by atoms with van der Waals surface area (Å²) in [4.78, 5) is 10.5. The first-order valence-electron chi connectivity index (χ1n) is 5.04. The second-order valence-corrected chi connectivity index (χ2v) is 4.02. The fraction of sp³-hybridized carbons (Fsp3) is 0.600. The van der Waals surface area contributed by atoms with Gasteiger partial charge in [-0.15, -0.1) is 0 Å². The number of rotatable bonds is 3. The van der Waals surface area contributed by atoms with E-state index in [2.05, 4.69) is 21.8 Å². The highest BCUT2D eigenvalue weighted by atomic mass is 15.3. The maximum atomic E-state index is 6.14. The third-order valence-corrected chi connectivity index (χ3v) is 2.59. The van der Waals surface area contributed by atoms with Gasteiger partial charge in [0.25, 0.3) is 0 Å². The van der Waals surface area contributed by atoms with Gasteiger partial charge in [-0.05, 0) is 12.5 Å². The van der Waals surface area contributed by atoms with Crippen molar-refractivity contribution in [3.05, 3.63) is 18.5 Å². The molecule has 2 heterocycles. The van der Waals surface area contributed by atoms with Gasteiger partial charge in [-0.25, -0.2) is 9.97 Å². The van der Waals surface area contributed by atoms with Crippen LogP contribution in [0.3, 0.4) is 0 Å². The monoisotopic (exact) mass is 192 g/mol. The first-order valence-corrected chi connectivity index (χ1v) is 5.04. The number of aromatic nitrogens is 2. The van der Waals surface area contributed by atoms with Crippen molar-refractivity contribution in [3.63, 3.8) is 0 Å². The fourth-order valence-corrected chi connectivity index (χ4v) is 1.97. The molecule has 1 saturated heterocycles. The van der Waals surface area contributed by atoms with Gasteiger partial charge in [0.2, 0.25) is 5.95 Å². The Hall–Kier alpha value is -1.16. The van der Waals surface area contributed by atoms with Crippen LogP contribution in [0.15, 0.2) is 18.5 Å². The van der Waals surface area contributed by atoms with Crippen molar-refractivity contribution in [1.29, 1.82) is 0 Å². The maximum absolute atomic E-state index is 6.14. The fourth-order valence-electron chi connectivity index (χ4n) is 1.97. The molecule has 14 heavy (non-hydrogen) atoms. The van der Waals surface area contributed by atoms with Crippen molar-refractivity contribution in [1.82, 2.24) is 9.97 Å². The van der Waals surface area contributed by atoms with E-state index >= 15 is 0 Å². The summed E-state index contributed by atoms with van der Waals surface area (Å²) in [6.45, 7) is 3.92. The van der Waals surface area contributed by atoms with E-state index in [4.69, 9.17) is 5.73 Å². The lowest BCUT2D eigenvalue weighted by Gasteiger charge is -2.47. The van der Waals surface area contributed by atoms with Crippen LogP contribution in [0.5, 0.6) is 0 Å². The highest BCUT2D eigenvalue weighted by Gasteiger charge is 2.39. The van der Waals surface area contributed by atoms with Crippen LogP contribution in [0.25, 0.3) is 0 Å². The summed E-state index contributed by atoms with van der Waals surface area (Å²) >= 11 is 0. The Morgan fingerprint density at radius 2 is 2.07 bits per heavy atom. The van der Waals surface area contributed by atoms with Gasteiger partial charge in [-0.3, -0.25) is 0 Å². The first-order chi connectivity index (χ1) is 6.73. The van der Waals surface area contributed by atoms with Crippen LogP contribution >= 0.6 is 0 Å². The predicted octanol–water partition coefficient (Wildman–Crippen LogP) is 0.794. The van der Waals surface area contributed by atoms with Gasteiger partial charge in [-0.1, -0.05) is 13.3 Å². The molecule has 0 atom stereocenters. The van der Waals surface area contributed by atoms with Crippen LogP contribution in [0.4, 0.5) is 5.95 Å². The van der Waals surface area contributed by atoms with E-state index < -0.39 is 0 Å². The Bertz CT molecular complexity index is 292. The molecule has 0 saturated carbocycles. The Labute approximate surface area is 84.2 Å². The molecule has 1 aromatic heterocycles. The minimum Gasteiger partial charge on any atom is -0.337 e. The molecule has 4 nitrogen and oxygen atoms in total. The van der Waals surface area contributed by atoms with Crippen molar-refractivity contribution in [2.24, 2.45) is 5.73 Å². The van der Waals surface area contributed by atoms with Gasteiger partial charge in [0.05, 0.1) is 5.54 Å². The van der Waals surface area contributed by atoms with Gasteiger partial charge >= 0.3 is 0 Å². The maximum Gasteiger partial charge on any atom is 0.225 e. The lowest BCUT2D eigenvalue weighted by atomic mass is 9.87. The molecule has 2 rings (SSSR count). The molecular weight excluding hydrogens is 176 g/mol. The average molecular weight is 192 g/mol. The quantitative estimate of drug-likeness (QED) is 0.769. The smallest absolute Gasteiger partial charge is 0.225 e. The zero-order valence-electron chi connectivity index (χ0n) is 8.48.